The SMILES string of the molecule is Cc1ccc(-c2cc(C(=O)N3CCOCC3)n(-c3ccc(F)cc3)n2)o1. The zero-order chi connectivity index (χ0) is 18.1. The predicted molar refractivity (Wildman–Crippen MR) is 92.7 cm³/mol. The van der Waals surface area contributed by atoms with Crippen LogP contribution in [-0.2, 0) is 4.74 Å². The Morgan fingerprint density at radius 3 is 2.50 bits per heavy atom. The van der Waals surface area contributed by atoms with Gasteiger partial charge in [-0.2, -0.15) is 5.10 Å². The summed E-state index contributed by atoms with van der Waals surface area (Å²) in [5.74, 6) is 0.861. The van der Waals surface area contributed by atoms with E-state index in [4.69, 9.17) is 9.15 Å². The molecule has 0 N–H and O–H groups in total. The summed E-state index contributed by atoms with van der Waals surface area (Å²) in [4.78, 5) is 14.7. The minimum atomic E-state index is -0.344. The lowest BCUT2D eigenvalue weighted by Gasteiger charge is -2.26. The highest BCUT2D eigenvalue weighted by Crippen LogP contribution is 2.25. The maximum Gasteiger partial charge on any atom is 0.272 e. The van der Waals surface area contributed by atoms with Crippen molar-refractivity contribution >= 4 is 5.91 Å². The normalized spacial score (nSPS) is 14.6. The Bertz CT molecular complexity index is 924. The molecule has 1 aromatic carbocycles. The lowest BCUT2D eigenvalue weighted by atomic mass is 10.2. The average molecular weight is 355 g/mol. The number of aromatic nitrogens is 2. The average Bonchev–Trinajstić information content (AvgIpc) is 3.29. The van der Waals surface area contributed by atoms with Crippen molar-refractivity contribution < 1.29 is 18.3 Å². The predicted octanol–water partition coefficient (Wildman–Crippen LogP) is 3.05. The third kappa shape index (κ3) is 3.13. The van der Waals surface area contributed by atoms with Crippen LogP contribution < -0.4 is 0 Å². The number of aryl methyl sites for hydroxylation is 1. The van der Waals surface area contributed by atoms with Crippen molar-refractivity contribution in [3.63, 3.8) is 0 Å². The molecule has 2 aromatic heterocycles. The molecular weight excluding hydrogens is 337 g/mol. The van der Waals surface area contributed by atoms with Crippen LogP contribution in [-0.4, -0.2) is 46.9 Å². The van der Waals surface area contributed by atoms with Crippen LogP contribution in [0.5, 0.6) is 0 Å². The standard InChI is InChI=1S/C19H18FN3O3/c1-13-2-7-18(26-13)16-12-17(19(24)22-8-10-25-11-9-22)23(21-16)15-5-3-14(20)4-6-15/h2-7,12H,8-11H2,1H3. The maximum atomic E-state index is 13.3. The van der Waals surface area contributed by atoms with Crippen LogP contribution in [0.15, 0.2) is 46.9 Å². The second-order valence-corrected chi connectivity index (χ2v) is 6.12. The molecule has 0 spiro atoms. The number of morpholine rings is 1. The molecule has 1 amide bonds. The maximum absolute atomic E-state index is 13.3. The molecule has 7 heteroatoms. The molecule has 26 heavy (non-hydrogen) atoms. The van der Waals surface area contributed by atoms with Crippen LogP contribution in [0.25, 0.3) is 17.1 Å². The third-order valence-electron chi connectivity index (χ3n) is 4.29. The Hall–Kier alpha value is -2.93. The highest BCUT2D eigenvalue weighted by atomic mass is 19.1. The molecule has 0 saturated carbocycles. The van der Waals surface area contributed by atoms with E-state index in [0.29, 0.717) is 49.1 Å². The Labute approximate surface area is 149 Å². The number of furan rings is 1. The van der Waals surface area contributed by atoms with Gasteiger partial charge in [0.15, 0.2) is 5.76 Å². The zero-order valence-corrected chi connectivity index (χ0v) is 14.3. The van der Waals surface area contributed by atoms with Crippen LogP contribution in [0, 0.1) is 12.7 Å². The summed E-state index contributed by atoms with van der Waals surface area (Å²) >= 11 is 0. The van der Waals surface area contributed by atoms with Crippen molar-refractivity contribution in [2.75, 3.05) is 26.3 Å². The highest BCUT2D eigenvalue weighted by Gasteiger charge is 2.25. The number of nitrogens with zero attached hydrogens (tertiary/aromatic N) is 3. The van der Waals surface area contributed by atoms with E-state index >= 15 is 0 Å². The number of carbonyl (C=O) groups excluding carboxylic acids is 1. The quantitative estimate of drug-likeness (QED) is 0.724. The molecule has 0 atom stereocenters. The van der Waals surface area contributed by atoms with E-state index in [2.05, 4.69) is 5.10 Å². The molecule has 1 aliphatic rings. The first-order valence-corrected chi connectivity index (χ1v) is 8.41. The van der Waals surface area contributed by atoms with Gasteiger partial charge in [0, 0.05) is 19.2 Å². The van der Waals surface area contributed by atoms with Gasteiger partial charge in [0.25, 0.3) is 5.91 Å². The number of carbonyl (C=O) groups is 1. The van der Waals surface area contributed by atoms with Crippen molar-refractivity contribution in [2.24, 2.45) is 0 Å². The number of amides is 1. The molecule has 1 saturated heterocycles. The van der Waals surface area contributed by atoms with E-state index in [1.165, 1.54) is 16.8 Å². The molecule has 0 radical (unpaired) electrons. The van der Waals surface area contributed by atoms with Crippen LogP contribution in [0.1, 0.15) is 16.2 Å². The zero-order valence-electron chi connectivity index (χ0n) is 14.3. The smallest absolute Gasteiger partial charge is 0.272 e. The monoisotopic (exact) mass is 355 g/mol. The molecule has 0 bridgehead atoms. The first-order valence-electron chi connectivity index (χ1n) is 8.41. The summed E-state index contributed by atoms with van der Waals surface area (Å²) in [6.45, 7) is 3.94. The Morgan fingerprint density at radius 1 is 1.12 bits per heavy atom. The van der Waals surface area contributed by atoms with Gasteiger partial charge < -0.3 is 14.1 Å². The summed E-state index contributed by atoms with van der Waals surface area (Å²) in [6.07, 6.45) is 0. The molecule has 0 unspecified atom stereocenters. The van der Waals surface area contributed by atoms with Gasteiger partial charge in [-0.05, 0) is 43.3 Å². The molecule has 3 heterocycles. The molecular formula is C19H18FN3O3. The molecule has 3 aromatic rings. The van der Waals surface area contributed by atoms with Gasteiger partial charge in [-0.15, -0.1) is 0 Å². The molecule has 4 rings (SSSR count). The summed E-state index contributed by atoms with van der Waals surface area (Å²) in [7, 11) is 0. The molecule has 1 fully saturated rings. The Kier molecular flexibility index (Phi) is 4.30. The van der Waals surface area contributed by atoms with Crippen molar-refractivity contribution in [1.82, 2.24) is 14.7 Å². The van der Waals surface area contributed by atoms with Crippen LogP contribution in [0.3, 0.4) is 0 Å². The van der Waals surface area contributed by atoms with Gasteiger partial charge in [-0.3, -0.25) is 4.79 Å². The number of hydrogen-bond donors (Lipinski definition) is 0. The second kappa shape index (κ2) is 6.76. The molecule has 1 aliphatic heterocycles. The van der Waals surface area contributed by atoms with Gasteiger partial charge in [-0.25, -0.2) is 9.07 Å². The number of hydrogen-bond acceptors (Lipinski definition) is 4. The van der Waals surface area contributed by atoms with Crippen LogP contribution in [0.4, 0.5) is 4.39 Å². The van der Waals surface area contributed by atoms with Gasteiger partial charge in [0.1, 0.15) is 23.0 Å². The van der Waals surface area contributed by atoms with Gasteiger partial charge >= 0.3 is 0 Å². The molecule has 134 valence electrons. The minimum Gasteiger partial charge on any atom is -0.460 e. The van der Waals surface area contributed by atoms with Crippen LogP contribution in [0.2, 0.25) is 0 Å². The van der Waals surface area contributed by atoms with Crippen molar-refractivity contribution in [2.45, 2.75) is 6.92 Å². The van der Waals surface area contributed by atoms with E-state index in [0.717, 1.165) is 5.76 Å². The fourth-order valence-electron chi connectivity index (χ4n) is 2.93. The lowest BCUT2D eigenvalue weighted by molar-refractivity contribution is 0.0297. The largest absolute Gasteiger partial charge is 0.460 e. The lowest BCUT2D eigenvalue weighted by Crippen LogP contribution is -2.41. The van der Waals surface area contributed by atoms with Crippen molar-refractivity contribution in [1.29, 1.82) is 0 Å². The summed E-state index contributed by atoms with van der Waals surface area (Å²) in [6, 6.07) is 11.2. The molecule has 0 aliphatic carbocycles. The van der Waals surface area contributed by atoms with E-state index in [9.17, 15) is 9.18 Å². The summed E-state index contributed by atoms with van der Waals surface area (Å²) < 4.78 is 25.8. The van der Waals surface area contributed by atoms with Gasteiger partial charge in [0.05, 0.1) is 18.9 Å². The first kappa shape index (κ1) is 16.5. The van der Waals surface area contributed by atoms with Crippen molar-refractivity contribution in [3.05, 3.63) is 59.7 Å². The number of ether oxygens (including phenoxy) is 1. The van der Waals surface area contributed by atoms with E-state index in [-0.39, 0.29) is 11.7 Å². The van der Waals surface area contributed by atoms with E-state index in [1.54, 1.807) is 23.1 Å². The third-order valence-corrected chi connectivity index (χ3v) is 4.29. The Morgan fingerprint density at radius 2 is 1.85 bits per heavy atom. The number of halogens is 1. The van der Waals surface area contributed by atoms with E-state index in [1.807, 2.05) is 19.1 Å². The first-order chi connectivity index (χ1) is 12.6. The summed E-state index contributed by atoms with van der Waals surface area (Å²) in [5.41, 5.74) is 1.57. The van der Waals surface area contributed by atoms with E-state index < -0.39 is 0 Å². The Balaban J connectivity index is 1.78. The van der Waals surface area contributed by atoms with Gasteiger partial charge in [0.2, 0.25) is 0 Å². The summed E-state index contributed by atoms with van der Waals surface area (Å²) in [5, 5.41) is 4.53. The number of benzene rings is 1. The topological polar surface area (TPSA) is 60.5 Å². The number of rotatable bonds is 3. The van der Waals surface area contributed by atoms with Crippen LogP contribution >= 0.6 is 0 Å². The highest BCUT2D eigenvalue weighted by molar-refractivity contribution is 5.94. The van der Waals surface area contributed by atoms with Gasteiger partial charge in [-0.1, -0.05) is 0 Å². The fraction of sp³-hybridized carbons (Fsp3) is 0.263. The second-order valence-electron chi connectivity index (χ2n) is 6.12. The minimum absolute atomic E-state index is 0.139. The fourth-order valence-corrected chi connectivity index (χ4v) is 2.93. The van der Waals surface area contributed by atoms with Crippen molar-refractivity contribution in [3.8, 4) is 17.1 Å². The molecule has 6 nitrogen and oxygen atoms in total.